The zero-order valence-electron chi connectivity index (χ0n) is 18.3. The zero-order valence-corrected chi connectivity index (χ0v) is 19.1. The minimum Gasteiger partial charge on any atom is -0.381 e. The lowest BCUT2D eigenvalue weighted by Crippen LogP contribution is -2.52. The summed E-state index contributed by atoms with van der Waals surface area (Å²) in [6.07, 6.45) is 0.979. The van der Waals surface area contributed by atoms with Crippen molar-refractivity contribution in [1.29, 1.82) is 0 Å². The molecule has 168 valence electrons. The molecule has 1 aromatic carbocycles. The van der Waals surface area contributed by atoms with E-state index in [1.807, 2.05) is 6.92 Å². The largest absolute Gasteiger partial charge is 0.381 e. The number of benzene rings is 1. The highest BCUT2D eigenvalue weighted by atomic mass is 32.2. The summed E-state index contributed by atoms with van der Waals surface area (Å²) in [6.45, 7) is 8.61. The lowest BCUT2D eigenvalue weighted by atomic mass is 9.96. The summed E-state index contributed by atoms with van der Waals surface area (Å²) >= 11 is 0. The molecule has 0 radical (unpaired) electrons. The first-order chi connectivity index (χ1) is 14.2. The molecule has 8 nitrogen and oxygen atoms in total. The SMILES string of the molecule is Cc1cc(C(=O)NCC(C2CCOC2)N2CCOCC2)cc(S(=O)(=O)N(C)C)c1C. The van der Waals surface area contributed by atoms with E-state index in [9.17, 15) is 13.2 Å². The molecular formula is C21H33N3O5S. The van der Waals surface area contributed by atoms with E-state index in [0.29, 0.717) is 43.4 Å². The number of rotatable bonds is 7. The third kappa shape index (κ3) is 5.03. The first-order valence-electron chi connectivity index (χ1n) is 10.4. The Morgan fingerprint density at radius 1 is 1.20 bits per heavy atom. The predicted octanol–water partition coefficient (Wildman–Crippen LogP) is 1.02. The van der Waals surface area contributed by atoms with Gasteiger partial charge in [0.1, 0.15) is 0 Å². The molecular weight excluding hydrogens is 406 g/mol. The highest BCUT2D eigenvalue weighted by molar-refractivity contribution is 7.89. The maximum atomic E-state index is 13.0. The van der Waals surface area contributed by atoms with Gasteiger partial charge in [-0.05, 0) is 43.5 Å². The molecule has 9 heteroatoms. The van der Waals surface area contributed by atoms with E-state index in [1.165, 1.54) is 24.5 Å². The van der Waals surface area contributed by atoms with Gasteiger partial charge in [0.2, 0.25) is 10.0 Å². The van der Waals surface area contributed by atoms with Gasteiger partial charge in [0.25, 0.3) is 5.91 Å². The van der Waals surface area contributed by atoms with Crippen LogP contribution in [0.1, 0.15) is 27.9 Å². The number of hydrogen-bond acceptors (Lipinski definition) is 6. The molecule has 1 amide bonds. The lowest BCUT2D eigenvalue weighted by Gasteiger charge is -2.37. The average molecular weight is 440 g/mol. The molecule has 0 aromatic heterocycles. The number of amides is 1. The second kappa shape index (κ2) is 9.74. The normalized spacial score (nSPS) is 21.7. The Bertz CT molecular complexity index is 860. The van der Waals surface area contributed by atoms with Crippen LogP contribution in [0.4, 0.5) is 0 Å². The maximum absolute atomic E-state index is 13.0. The van der Waals surface area contributed by atoms with E-state index < -0.39 is 10.0 Å². The van der Waals surface area contributed by atoms with Crippen LogP contribution >= 0.6 is 0 Å². The van der Waals surface area contributed by atoms with Gasteiger partial charge in [-0.25, -0.2) is 12.7 Å². The maximum Gasteiger partial charge on any atom is 0.251 e. The van der Waals surface area contributed by atoms with Crippen molar-refractivity contribution in [2.75, 3.05) is 60.2 Å². The topological polar surface area (TPSA) is 88.2 Å². The van der Waals surface area contributed by atoms with Gasteiger partial charge < -0.3 is 14.8 Å². The number of carbonyl (C=O) groups is 1. The fraction of sp³-hybridized carbons (Fsp3) is 0.667. The van der Waals surface area contributed by atoms with Gasteiger partial charge in [-0.1, -0.05) is 0 Å². The van der Waals surface area contributed by atoms with Gasteiger partial charge in [0, 0.05) is 57.9 Å². The summed E-state index contributed by atoms with van der Waals surface area (Å²) in [6, 6.07) is 3.41. The van der Waals surface area contributed by atoms with Gasteiger partial charge in [0.05, 0.1) is 24.7 Å². The number of morpholine rings is 1. The van der Waals surface area contributed by atoms with Crippen molar-refractivity contribution in [2.45, 2.75) is 31.2 Å². The summed E-state index contributed by atoms with van der Waals surface area (Å²) in [5.41, 5.74) is 1.80. The quantitative estimate of drug-likeness (QED) is 0.683. The predicted molar refractivity (Wildman–Crippen MR) is 114 cm³/mol. The van der Waals surface area contributed by atoms with Crippen molar-refractivity contribution in [2.24, 2.45) is 5.92 Å². The van der Waals surface area contributed by atoms with E-state index in [0.717, 1.165) is 31.7 Å². The van der Waals surface area contributed by atoms with Gasteiger partial charge in [-0.3, -0.25) is 9.69 Å². The second-order valence-electron chi connectivity index (χ2n) is 8.25. The molecule has 30 heavy (non-hydrogen) atoms. The first-order valence-corrected chi connectivity index (χ1v) is 11.9. The van der Waals surface area contributed by atoms with Crippen LogP contribution in [0.25, 0.3) is 0 Å². The Morgan fingerprint density at radius 3 is 2.50 bits per heavy atom. The van der Waals surface area contributed by atoms with Gasteiger partial charge in [-0.2, -0.15) is 0 Å². The van der Waals surface area contributed by atoms with Crippen molar-refractivity contribution in [3.05, 3.63) is 28.8 Å². The Hall–Kier alpha value is -1.52. The lowest BCUT2D eigenvalue weighted by molar-refractivity contribution is 0.00166. The second-order valence-corrected chi connectivity index (χ2v) is 10.4. The molecule has 0 bridgehead atoms. The summed E-state index contributed by atoms with van der Waals surface area (Å²) in [7, 11) is -0.646. The molecule has 2 heterocycles. The fourth-order valence-corrected chi connectivity index (χ4v) is 5.30. The van der Waals surface area contributed by atoms with Crippen LogP contribution in [-0.2, 0) is 19.5 Å². The summed E-state index contributed by atoms with van der Waals surface area (Å²) in [4.78, 5) is 15.5. The highest BCUT2D eigenvalue weighted by Crippen LogP contribution is 2.24. The number of nitrogens with zero attached hydrogens (tertiary/aromatic N) is 2. The minimum absolute atomic E-state index is 0.173. The Labute approximate surface area is 179 Å². The third-order valence-electron chi connectivity index (χ3n) is 6.14. The van der Waals surface area contributed by atoms with Crippen LogP contribution in [0, 0.1) is 19.8 Å². The minimum atomic E-state index is -3.63. The molecule has 0 saturated carbocycles. The summed E-state index contributed by atoms with van der Waals surface area (Å²) in [5.74, 6) is 0.110. The van der Waals surface area contributed by atoms with Crippen LogP contribution < -0.4 is 5.32 Å². The molecule has 2 aliphatic heterocycles. The van der Waals surface area contributed by atoms with E-state index in [-0.39, 0.29) is 16.8 Å². The molecule has 1 aromatic rings. The number of ether oxygens (including phenoxy) is 2. The summed E-state index contributed by atoms with van der Waals surface area (Å²) in [5, 5.41) is 3.04. The van der Waals surface area contributed by atoms with E-state index in [4.69, 9.17) is 9.47 Å². The molecule has 3 rings (SSSR count). The van der Waals surface area contributed by atoms with Crippen molar-refractivity contribution in [3.63, 3.8) is 0 Å². The molecule has 1 N–H and O–H groups in total. The first kappa shape index (κ1) is 23.1. The smallest absolute Gasteiger partial charge is 0.251 e. The highest BCUT2D eigenvalue weighted by Gasteiger charge is 2.32. The molecule has 0 aliphatic carbocycles. The number of sulfonamides is 1. The number of aryl methyl sites for hydroxylation is 1. The Kier molecular flexibility index (Phi) is 7.52. The van der Waals surface area contributed by atoms with Crippen LogP contribution in [-0.4, -0.2) is 89.7 Å². The number of carbonyl (C=O) groups excluding carboxylic acids is 1. The molecule has 2 unspecified atom stereocenters. The van der Waals surface area contributed by atoms with Crippen LogP contribution in [0.5, 0.6) is 0 Å². The average Bonchev–Trinajstić information content (AvgIpc) is 3.25. The standard InChI is InChI=1S/C21H33N3O5S/c1-15-11-18(12-20(16(15)2)30(26,27)23(3)4)21(25)22-13-19(17-5-8-29-14-17)24-6-9-28-10-7-24/h11-12,17,19H,5-10,13-14H2,1-4H3,(H,22,25). The van der Waals surface area contributed by atoms with Crippen molar-refractivity contribution < 1.29 is 22.7 Å². The molecule has 2 atom stereocenters. The van der Waals surface area contributed by atoms with E-state index in [2.05, 4.69) is 10.2 Å². The van der Waals surface area contributed by atoms with Crippen LogP contribution in [0.2, 0.25) is 0 Å². The molecule has 0 spiro atoms. The fourth-order valence-electron chi connectivity index (χ4n) is 4.08. The Balaban J connectivity index is 1.78. The van der Waals surface area contributed by atoms with Crippen LogP contribution in [0.15, 0.2) is 17.0 Å². The zero-order chi connectivity index (χ0) is 21.9. The monoisotopic (exact) mass is 439 g/mol. The number of hydrogen-bond donors (Lipinski definition) is 1. The van der Waals surface area contributed by atoms with Crippen molar-refractivity contribution >= 4 is 15.9 Å². The Morgan fingerprint density at radius 2 is 1.90 bits per heavy atom. The molecule has 2 fully saturated rings. The summed E-state index contributed by atoms with van der Waals surface area (Å²) < 4.78 is 37.6. The third-order valence-corrected chi connectivity index (χ3v) is 8.08. The van der Waals surface area contributed by atoms with Gasteiger partial charge in [0.15, 0.2) is 0 Å². The van der Waals surface area contributed by atoms with E-state index >= 15 is 0 Å². The molecule has 2 saturated heterocycles. The van der Waals surface area contributed by atoms with Crippen molar-refractivity contribution in [3.8, 4) is 0 Å². The van der Waals surface area contributed by atoms with Crippen molar-refractivity contribution in [1.82, 2.24) is 14.5 Å². The van der Waals surface area contributed by atoms with E-state index in [1.54, 1.807) is 13.0 Å². The van der Waals surface area contributed by atoms with Crippen LogP contribution in [0.3, 0.4) is 0 Å². The molecule has 2 aliphatic rings. The number of nitrogens with one attached hydrogen (secondary N) is 1. The van der Waals surface area contributed by atoms with Gasteiger partial charge >= 0.3 is 0 Å². The van der Waals surface area contributed by atoms with Gasteiger partial charge in [-0.15, -0.1) is 0 Å².